The van der Waals surface area contributed by atoms with Crippen molar-refractivity contribution in [3.05, 3.63) is 52.5 Å². The van der Waals surface area contributed by atoms with Gasteiger partial charge in [0.15, 0.2) is 0 Å². The molecule has 2 aromatic rings. The smallest absolute Gasteiger partial charge is 0.323 e. The topological polar surface area (TPSA) is 67.1 Å². The molecule has 0 heterocycles. The molecule has 0 radical (unpaired) electrons. The minimum Gasteiger partial charge on any atom is -0.399 e. The molecule has 0 aliphatic rings. The number of benzene rings is 2. The van der Waals surface area contributed by atoms with Crippen LogP contribution in [0, 0.1) is 0 Å². The van der Waals surface area contributed by atoms with Gasteiger partial charge in [0.25, 0.3) is 0 Å². The summed E-state index contributed by atoms with van der Waals surface area (Å²) in [6, 6.07) is 11.4. The number of amides is 2. The lowest BCUT2D eigenvalue weighted by Gasteiger charge is -2.08. The highest BCUT2D eigenvalue weighted by molar-refractivity contribution is 6.42. The molecule has 0 spiro atoms. The summed E-state index contributed by atoms with van der Waals surface area (Å²) in [4.78, 5) is 11.8. The summed E-state index contributed by atoms with van der Waals surface area (Å²) in [5.74, 6) is 0. The highest BCUT2D eigenvalue weighted by Gasteiger charge is 2.04. The Morgan fingerprint density at radius 3 is 2.26 bits per heavy atom. The van der Waals surface area contributed by atoms with E-state index in [-0.39, 0.29) is 6.03 Å². The molecule has 2 rings (SSSR count). The second kappa shape index (κ2) is 5.82. The summed E-state index contributed by atoms with van der Waals surface area (Å²) in [5, 5.41) is 6.12. The number of hydrogen-bond donors (Lipinski definition) is 3. The van der Waals surface area contributed by atoms with Crippen molar-refractivity contribution in [2.45, 2.75) is 0 Å². The Kier molecular flexibility index (Phi) is 4.14. The van der Waals surface area contributed by atoms with Crippen molar-refractivity contribution in [1.82, 2.24) is 0 Å². The van der Waals surface area contributed by atoms with E-state index in [0.717, 1.165) is 0 Å². The average Bonchev–Trinajstić information content (AvgIpc) is 2.34. The molecule has 0 aromatic heterocycles. The summed E-state index contributed by atoms with van der Waals surface area (Å²) in [5.41, 5.74) is 7.36. The van der Waals surface area contributed by atoms with Gasteiger partial charge in [-0.3, -0.25) is 0 Å². The number of nitrogens with two attached hydrogens (primary N) is 1. The van der Waals surface area contributed by atoms with Crippen LogP contribution in [0.15, 0.2) is 42.5 Å². The fraction of sp³-hybridized carbons (Fsp3) is 0. The molecule has 6 heteroatoms. The highest BCUT2D eigenvalue weighted by atomic mass is 35.5. The van der Waals surface area contributed by atoms with Gasteiger partial charge in [-0.15, -0.1) is 0 Å². The molecule has 2 amide bonds. The van der Waals surface area contributed by atoms with Crippen LogP contribution in [-0.2, 0) is 0 Å². The van der Waals surface area contributed by atoms with Gasteiger partial charge in [0, 0.05) is 17.1 Å². The molecule has 0 aliphatic heterocycles. The Hall–Kier alpha value is -1.91. The normalized spacial score (nSPS) is 10.0. The SMILES string of the molecule is Nc1cccc(NC(=O)Nc2ccc(Cl)c(Cl)c2)c1. The first-order valence-electron chi connectivity index (χ1n) is 5.43. The minimum absolute atomic E-state index is 0.378. The summed E-state index contributed by atoms with van der Waals surface area (Å²) in [7, 11) is 0. The number of rotatable bonds is 2. The van der Waals surface area contributed by atoms with Crippen molar-refractivity contribution in [2.24, 2.45) is 0 Å². The van der Waals surface area contributed by atoms with Gasteiger partial charge in [-0.25, -0.2) is 4.79 Å². The molecule has 0 bridgehead atoms. The van der Waals surface area contributed by atoms with Crippen molar-refractivity contribution in [1.29, 1.82) is 0 Å². The largest absolute Gasteiger partial charge is 0.399 e. The molecule has 0 aliphatic carbocycles. The van der Waals surface area contributed by atoms with Gasteiger partial charge in [-0.2, -0.15) is 0 Å². The standard InChI is InChI=1S/C13H11Cl2N3O/c14-11-5-4-10(7-12(11)15)18-13(19)17-9-3-1-2-8(16)6-9/h1-7H,16H2,(H2,17,18,19). The number of anilines is 3. The maximum Gasteiger partial charge on any atom is 0.323 e. The summed E-state index contributed by atoms with van der Waals surface area (Å²) >= 11 is 11.6. The van der Waals surface area contributed by atoms with E-state index in [1.54, 1.807) is 42.5 Å². The zero-order valence-electron chi connectivity index (χ0n) is 9.78. The lowest BCUT2D eigenvalue weighted by atomic mass is 10.3. The first-order valence-corrected chi connectivity index (χ1v) is 6.19. The lowest BCUT2D eigenvalue weighted by Crippen LogP contribution is -2.19. The van der Waals surface area contributed by atoms with Crippen LogP contribution in [-0.4, -0.2) is 6.03 Å². The van der Waals surface area contributed by atoms with Crippen molar-refractivity contribution in [3.63, 3.8) is 0 Å². The Morgan fingerprint density at radius 1 is 0.947 bits per heavy atom. The van der Waals surface area contributed by atoms with Gasteiger partial charge >= 0.3 is 6.03 Å². The van der Waals surface area contributed by atoms with E-state index in [1.165, 1.54) is 0 Å². The fourth-order valence-corrected chi connectivity index (χ4v) is 1.78. The van der Waals surface area contributed by atoms with Crippen LogP contribution in [0.2, 0.25) is 10.0 Å². The molecule has 4 nitrogen and oxygen atoms in total. The van der Waals surface area contributed by atoms with E-state index >= 15 is 0 Å². The zero-order chi connectivity index (χ0) is 13.8. The number of halogens is 2. The van der Waals surface area contributed by atoms with E-state index in [4.69, 9.17) is 28.9 Å². The molecule has 98 valence electrons. The monoisotopic (exact) mass is 295 g/mol. The highest BCUT2D eigenvalue weighted by Crippen LogP contribution is 2.25. The van der Waals surface area contributed by atoms with E-state index in [9.17, 15) is 4.79 Å². The quantitative estimate of drug-likeness (QED) is 0.726. The summed E-state index contributed by atoms with van der Waals surface area (Å²) < 4.78 is 0. The predicted octanol–water partition coefficient (Wildman–Crippen LogP) is 4.22. The van der Waals surface area contributed by atoms with Crippen LogP contribution >= 0.6 is 23.2 Å². The van der Waals surface area contributed by atoms with Crippen LogP contribution in [0.5, 0.6) is 0 Å². The Morgan fingerprint density at radius 2 is 1.63 bits per heavy atom. The number of carbonyl (C=O) groups is 1. The van der Waals surface area contributed by atoms with Gasteiger partial charge < -0.3 is 16.4 Å². The minimum atomic E-state index is -0.385. The van der Waals surface area contributed by atoms with Crippen LogP contribution in [0.4, 0.5) is 21.9 Å². The van der Waals surface area contributed by atoms with Crippen molar-refractivity contribution in [3.8, 4) is 0 Å². The van der Waals surface area contributed by atoms with Gasteiger partial charge in [0.1, 0.15) is 0 Å². The number of nitrogens with one attached hydrogen (secondary N) is 2. The maximum atomic E-state index is 11.8. The third-order valence-electron chi connectivity index (χ3n) is 2.32. The summed E-state index contributed by atoms with van der Waals surface area (Å²) in [6.07, 6.45) is 0. The third kappa shape index (κ3) is 3.77. The van der Waals surface area contributed by atoms with Crippen molar-refractivity contribution >= 4 is 46.3 Å². The van der Waals surface area contributed by atoms with Crippen LogP contribution in [0.25, 0.3) is 0 Å². The van der Waals surface area contributed by atoms with Crippen molar-refractivity contribution in [2.75, 3.05) is 16.4 Å². The molecular weight excluding hydrogens is 285 g/mol. The third-order valence-corrected chi connectivity index (χ3v) is 3.06. The van der Waals surface area contributed by atoms with Gasteiger partial charge in [0.2, 0.25) is 0 Å². The molecule has 0 fully saturated rings. The van der Waals surface area contributed by atoms with E-state index in [1.807, 2.05) is 0 Å². The van der Waals surface area contributed by atoms with Gasteiger partial charge in [0.05, 0.1) is 10.0 Å². The molecule has 2 aromatic carbocycles. The second-order valence-corrected chi connectivity index (χ2v) is 4.65. The summed E-state index contributed by atoms with van der Waals surface area (Å²) in [6.45, 7) is 0. The average molecular weight is 296 g/mol. The molecule has 0 saturated carbocycles. The second-order valence-electron chi connectivity index (χ2n) is 3.83. The van der Waals surface area contributed by atoms with Gasteiger partial charge in [-0.05, 0) is 36.4 Å². The number of carbonyl (C=O) groups excluding carboxylic acids is 1. The predicted molar refractivity (Wildman–Crippen MR) is 80.0 cm³/mol. The molecule has 19 heavy (non-hydrogen) atoms. The van der Waals surface area contributed by atoms with E-state index < -0.39 is 0 Å². The lowest BCUT2D eigenvalue weighted by molar-refractivity contribution is 0.262. The van der Waals surface area contributed by atoms with Crippen LogP contribution in [0.1, 0.15) is 0 Å². The number of nitrogen functional groups attached to an aromatic ring is 1. The Labute approximate surface area is 120 Å². The Bertz CT molecular complexity index is 617. The van der Waals surface area contributed by atoms with Gasteiger partial charge in [-0.1, -0.05) is 29.3 Å². The van der Waals surface area contributed by atoms with Crippen molar-refractivity contribution < 1.29 is 4.79 Å². The molecular formula is C13H11Cl2N3O. The molecule has 0 unspecified atom stereocenters. The molecule has 0 saturated heterocycles. The molecule has 4 N–H and O–H groups in total. The number of urea groups is 1. The zero-order valence-corrected chi connectivity index (χ0v) is 11.3. The first kappa shape index (κ1) is 13.5. The van der Waals surface area contributed by atoms with E-state index in [0.29, 0.717) is 27.1 Å². The number of hydrogen-bond acceptors (Lipinski definition) is 2. The van der Waals surface area contributed by atoms with E-state index in [2.05, 4.69) is 10.6 Å². The first-order chi connectivity index (χ1) is 9.04. The fourth-order valence-electron chi connectivity index (χ4n) is 1.48. The maximum absolute atomic E-state index is 11.8. The van der Waals surface area contributed by atoms with Crippen LogP contribution in [0.3, 0.4) is 0 Å². The Balaban J connectivity index is 2.03. The van der Waals surface area contributed by atoms with Crippen LogP contribution < -0.4 is 16.4 Å². The molecule has 0 atom stereocenters.